The lowest BCUT2D eigenvalue weighted by molar-refractivity contribution is -0.129. The number of benzene rings is 2. The molecule has 0 saturated heterocycles. The van der Waals surface area contributed by atoms with Crippen molar-refractivity contribution in [3.8, 4) is 5.75 Å². The van der Waals surface area contributed by atoms with Gasteiger partial charge in [0.15, 0.2) is 6.10 Å². The number of nitrogens with one attached hydrogen (secondary N) is 1. The molecule has 4 nitrogen and oxygen atoms in total. The van der Waals surface area contributed by atoms with Gasteiger partial charge in [-0.2, -0.15) is 0 Å². The van der Waals surface area contributed by atoms with Crippen LogP contribution in [0.5, 0.6) is 5.75 Å². The standard InChI is InChI=1S/C19H21BrFNO3/c1-3-16(18(23)13-8-4-6-10-15(13)21)22-19(24)12(2)25-17-11-7-5-9-14(17)20/h4-12,16,18,23H,3H2,1-2H3,(H,22,24)/t12-,16-,18+/m0/s1. The summed E-state index contributed by atoms with van der Waals surface area (Å²) in [5.74, 6) is -0.328. The maximum atomic E-state index is 13.9. The van der Waals surface area contributed by atoms with Crippen molar-refractivity contribution in [3.63, 3.8) is 0 Å². The van der Waals surface area contributed by atoms with Gasteiger partial charge < -0.3 is 15.2 Å². The number of aliphatic hydroxyl groups excluding tert-OH is 1. The normalized spacial score (nSPS) is 14.4. The molecule has 0 unspecified atom stereocenters. The number of hydrogen-bond acceptors (Lipinski definition) is 3. The first-order chi connectivity index (χ1) is 11.9. The zero-order valence-electron chi connectivity index (χ0n) is 14.1. The minimum Gasteiger partial charge on any atom is -0.480 e. The summed E-state index contributed by atoms with van der Waals surface area (Å²) in [4.78, 5) is 12.4. The van der Waals surface area contributed by atoms with Crippen molar-refractivity contribution in [3.05, 3.63) is 64.4 Å². The molecular weight excluding hydrogens is 389 g/mol. The van der Waals surface area contributed by atoms with E-state index in [0.717, 1.165) is 4.47 Å². The van der Waals surface area contributed by atoms with E-state index in [1.165, 1.54) is 12.1 Å². The first-order valence-electron chi connectivity index (χ1n) is 8.08. The first kappa shape index (κ1) is 19.4. The molecule has 2 rings (SSSR count). The fraction of sp³-hybridized carbons (Fsp3) is 0.316. The molecule has 0 fully saturated rings. The quantitative estimate of drug-likeness (QED) is 0.726. The van der Waals surface area contributed by atoms with Crippen molar-refractivity contribution in [2.75, 3.05) is 0 Å². The summed E-state index contributed by atoms with van der Waals surface area (Å²) in [7, 11) is 0. The molecule has 0 aliphatic heterocycles. The van der Waals surface area contributed by atoms with Crippen LogP contribution >= 0.6 is 15.9 Å². The molecule has 3 atom stereocenters. The molecule has 0 heterocycles. The third-order valence-corrected chi connectivity index (χ3v) is 4.54. The highest BCUT2D eigenvalue weighted by molar-refractivity contribution is 9.10. The van der Waals surface area contributed by atoms with Crippen LogP contribution in [0.2, 0.25) is 0 Å². The third-order valence-electron chi connectivity index (χ3n) is 3.88. The van der Waals surface area contributed by atoms with Gasteiger partial charge in [-0.1, -0.05) is 37.3 Å². The second kappa shape index (κ2) is 8.97. The number of hydrogen-bond donors (Lipinski definition) is 2. The largest absolute Gasteiger partial charge is 0.480 e. The Hall–Kier alpha value is -1.92. The van der Waals surface area contributed by atoms with E-state index >= 15 is 0 Å². The molecule has 1 amide bonds. The first-order valence-corrected chi connectivity index (χ1v) is 8.87. The maximum Gasteiger partial charge on any atom is 0.261 e. The number of aliphatic hydroxyl groups is 1. The van der Waals surface area contributed by atoms with Gasteiger partial charge in [0.25, 0.3) is 5.91 Å². The summed E-state index contributed by atoms with van der Waals surface area (Å²) in [6.45, 7) is 3.44. The summed E-state index contributed by atoms with van der Waals surface area (Å²) in [5.41, 5.74) is 0.161. The van der Waals surface area contributed by atoms with E-state index in [1.807, 2.05) is 25.1 Å². The summed E-state index contributed by atoms with van der Waals surface area (Å²) in [6.07, 6.45) is -1.45. The van der Waals surface area contributed by atoms with Crippen LogP contribution < -0.4 is 10.1 Å². The van der Waals surface area contributed by atoms with Crippen molar-refractivity contribution in [1.82, 2.24) is 5.32 Å². The molecule has 25 heavy (non-hydrogen) atoms. The van der Waals surface area contributed by atoms with Crippen molar-refractivity contribution in [1.29, 1.82) is 0 Å². The predicted octanol–water partition coefficient (Wildman–Crippen LogP) is 3.98. The molecular formula is C19H21BrFNO3. The molecule has 2 aromatic rings. The highest BCUT2D eigenvalue weighted by atomic mass is 79.9. The molecule has 0 radical (unpaired) electrons. The Balaban J connectivity index is 2.04. The molecule has 0 bridgehead atoms. The van der Waals surface area contributed by atoms with E-state index < -0.39 is 24.1 Å². The fourth-order valence-corrected chi connectivity index (χ4v) is 2.80. The van der Waals surface area contributed by atoms with Crippen LogP contribution in [0.4, 0.5) is 4.39 Å². The Morgan fingerprint density at radius 2 is 1.88 bits per heavy atom. The molecule has 0 aliphatic carbocycles. The molecule has 134 valence electrons. The van der Waals surface area contributed by atoms with Gasteiger partial charge in [0.2, 0.25) is 0 Å². The van der Waals surface area contributed by atoms with E-state index in [1.54, 1.807) is 25.1 Å². The van der Waals surface area contributed by atoms with Gasteiger partial charge >= 0.3 is 0 Å². The van der Waals surface area contributed by atoms with Crippen molar-refractivity contribution < 1.29 is 19.0 Å². The molecule has 2 N–H and O–H groups in total. The molecule has 0 spiro atoms. The van der Waals surface area contributed by atoms with E-state index in [0.29, 0.717) is 12.2 Å². The maximum absolute atomic E-state index is 13.9. The van der Waals surface area contributed by atoms with E-state index in [9.17, 15) is 14.3 Å². The monoisotopic (exact) mass is 409 g/mol. The topological polar surface area (TPSA) is 58.6 Å². The van der Waals surface area contributed by atoms with Gasteiger partial charge in [-0.25, -0.2) is 4.39 Å². The summed E-state index contributed by atoms with van der Waals surface area (Å²) < 4.78 is 20.3. The summed E-state index contributed by atoms with van der Waals surface area (Å²) in [5, 5.41) is 13.2. The third kappa shape index (κ3) is 5.03. The second-order valence-electron chi connectivity index (χ2n) is 5.68. The lowest BCUT2D eigenvalue weighted by Gasteiger charge is -2.25. The Morgan fingerprint density at radius 3 is 2.52 bits per heavy atom. The Morgan fingerprint density at radius 1 is 1.24 bits per heavy atom. The van der Waals surface area contributed by atoms with Gasteiger partial charge in [0.1, 0.15) is 17.7 Å². The van der Waals surface area contributed by atoms with Crippen molar-refractivity contribution in [2.45, 2.75) is 38.5 Å². The highest BCUT2D eigenvalue weighted by Gasteiger charge is 2.26. The minimum atomic E-state index is -1.13. The van der Waals surface area contributed by atoms with Crippen LogP contribution in [-0.2, 0) is 4.79 Å². The molecule has 0 aromatic heterocycles. The van der Waals surface area contributed by atoms with Crippen LogP contribution in [0.25, 0.3) is 0 Å². The highest BCUT2D eigenvalue weighted by Crippen LogP contribution is 2.25. The van der Waals surface area contributed by atoms with Gasteiger partial charge in [-0.05, 0) is 47.5 Å². The Labute approximate surface area is 155 Å². The lowest BCUT2D eigenvalue weighted by Crippen LogP contribution is -2.45. The van der Waals surface area contributed by atoms with Gasteiger partial charge in [-0.15, -0.1) is 0 Å². The second-order valence-corrected chi connectivity index (χ2v) is 6.53. The predicted molar refractivity (Wildman–Crippen MR) is 97.8 cm³/mol. The minimum absolute atomic E-state index is 0.161. The average Bonchev–Trinajstić information content (AvgIpc) is 2.61. The zero-order valence-corrected chi connectivity index (χ0v) is 15.7. The Kier molecular flexibility index (Phi) is 6.96. The van der Waals surface area contributed by atoms with Crippen LogP contribution in [0, 0.1) is 5.82 Å². The number of para-hydroxylation sites is 1. The zero-order chi connectivity index (χ0) is 18.4. The van der Waals surface area contributed by atoms with Gasteiger partial charge in [-0.3, -0.25) is 4.79 Å². The van der Waals surface area contributed by atoms with Gasteiger partial charge in [0.05, 0.1) is 10.5 Å². The van der Waals surface area contributed by atoms with Crippen molar-refractivity contribution in [2.24, 2.45) is 0 Å². The SMILES string of the molecule is CC[C@H](NC(=O)[C@H](C)Oc1ccccc1Br)[C@H](O)c1ccccc1F. The van der Waals surface area contributed by atoms with Crippen LogP contribution in [-0.4, -0.2) is 23.2 Å². The van der Waals surface area contributed by atoms with E-state index in [-0.39, 0.29) is 11.5 Å². The van der Waals surface area contributed by atoms with Crippen LogP contribution in [0.15, 0.2) is 53.0 Å². The van der Waals surface area contributed by atoms with E-state index in [4.69, 9.17) is 4.74 Å². The van der Waals surface area contributed by atoms with Crippen molar-refractivity contribution >= 4 is 21.8 Å². The van der Waals surface area contributed by atoms with E-state index in [2.05, 4.69) is 21.2 Å². The Bertz CT molecular complexity index is 725. The number of amides is 1. The number of carbonyl (C=O) groups excluding carboxylic acids is 1. The van der Waals surface area contributed by atoms with Gasteiger partial charge in [0, 0.05) is 5.56 Å². The number of carbonyl (C=O) groups is 1. The molecule has 0 aliphatic rings. The fourth-order valence-electron chi connectivity index (χ4n) is 2.42. The number of ether oxygens (including phenoxy) is 1. The van der Waals surface area contributed by atoms with Crippen LogP contribution in [0.3, 0.4) is 0 Å². The summed E-state index contributed by atoms with van der Waals surface area (Å²) >= 11 is 3.36. The van der Waals surface area contributed by atoms with Crippen LogP contribution in [0.1, 0.15) is 31.9 Å². The number of rotatable bonds is 7. The molecule has 6 heteroatoms. The molecule has 2 aromatic carbocycles. The summed E-state index contributed by atoms with van der Waals surface area (Å²) in [6, 6.07) is 12.6. The average molecular weight is 410 g/mol. The smallest absolute Gasteiger partial charge is 0.261 e. The lowest BCUT2D eigenvalue weighted by atomic mass is 9.99. The number of halogens is 2. The molecule has 0 saturated carbocycles.